The quantitative estimate of drug-likeness (QED) is 0.706. The summed E-state index contributed by atoms with van der Waals surface area (Å²) in [7, 11) is 0. The Balaban J connectivity index is 1.53. The van der Waals surface area contributed by atoms with E-state index in [4.69, 9.17) is 0 Å². The Bertz CT molecular complexity index is 528. The highest BCUT2D eigenvalue weighted by atomic mass is 32.2. The third-order valence-electron chi connectivity index (χ3n) is 4.80. The van der Waals surface area contributed by atoms with Crippen molar-refractivity contribution in [2.45, 2.75) is 39.6 Å². The third kappa shape index (κ3) is 2.89. The average molecular weight is 313 g/mol. The van der Waals surface area contributed by atoms with E-state index < -0.39 is 0 Å². The van der Waals surface area contributed by atoms with Crippen molar-refractivity contribution in [3.05, 3.63) is 60.7 Å². The number of thioether (sulfide) groups is 2. The van der Waals surface area contributed by atoms with Gasteiger partial charge in [-0.05, 0) is 55.4 Å². The van der Waals surface area contributed by atoms with Gasteiger partial charge in [0.15, 0.2) is 0 Å². The van der Waals surface area contributed by atoms with Gasteiger partial charge in [0.2, 0.25) is 0 Å². The average Bonchev–Trinajstić information content (AvgIpc) is 3.13. The van der Waals surface area contributed by atoms with Crippen LogP contribution in [0.1, 0.15) is 19.3 Å². The Kier molecular flexibility index (Phi) is 4.00. The van der Waals surface area contributed by atoms with Crippen LogP contribution in [0.5, 0.6) is 0 Å². The molecule has 2 fully saturated rings. The molecular formula is C19H20S2. The minimum Gasteiger partial charge on any atom is -0.121 e. The van der Waals surface area contributed by atoms with Crippen LogP contribution in [-0.2, 0) is 0 Å². The molecule has 0 spiro atoms. The number of hydrogen-bond donors (Lipinski definition) is 0. The van der Waals surface area contributed by atoms with E-state index in [0.717, 1.165) is 22.3 Å². The number of rotatable bonds is 4. The van der Waals surface area contributed by atoms with Crippen LogP contribution in [0.4, 0.5) is 0 Å². The van der Waals surface area contributed by atoms with E-state index in [2.05, 4.69) is 84.2 Å². The first-order valence-electron chi connectivity index (χ1n) is 7.83. The molecule has 21 heavy (non-hydrogen) atoms. The van der Waals surface area contributed by atoms with Gasteiger partial charge in [0, 0.05) is 20.3 Å². The van der Waals surface area contributed by atoms with E-state index in [1.807, 2.05) is 0 Å². The van der Waals surface area contributed by atoms with Crippen molar-refractivity contribution in [2.24, 2.45) is 11.8 Å². The lowest BCUT2D eigenvalue weighted by molar-refractivity contribution is 0.504. The van der Waals surface area contributed by atoms with E-state index in [0.29, 0.717) is 0 Å². The van der Waals surface area contributed by atoms with Crippen molar-refractivity contribution in [3.63, 3.8) is 0 Å². The summed E-state index contributed by atoms with van der Waals surface area (Å²) in [6.45, 7) is 0. The van der Waals surface area contributed by atoms with Crippen LogP contribution >= 0.6 is 23.5 Å². The van der Waals surface area contributed by atoms with Crippen molar-refractivity contribution in [1.82, 2.24) is 0 Å². The molecule has 108 valence electrons. The second-order valence-corrected chi connectivity index (χ2v) is 8.63. The van der Waals surface area contributed by atoms with Gasteiger partial charge >= 0.3 is 0 Å². The van der Waals surface area contributed by atoms with Gasteiger partial charge in [-0.3, -0.25) is 0 Å². The highest BCUT2D eigenvalue weighted by Gasteiger charge is 2.48. The summed E-state index contributed by atoms with van der Waals surface area (Å²) < 4.78 is 0. The fourth-order valence-electron chi connectivity index (χ4n) is 3.82. The Morgan fingerprint density at radius 2 is 1.05 bits per heavy atom. The lowest BCUT2D eigenvalue weighted by atomic mass is 10.00. The SMILES string of the molecule is c1ccc(S[C@@H]2[C@H]3CC[C@H](C3)[C@@H]2Sc2ccccc2)cc1. The lowest BCUT2D eigenvalue weighted by Gasteiger charge is -2.30. The van der Waals surface area contributed by atoms with Crippen molar-refractivity contribution in [2.75, 3.05) is 0 Å². The van der Waals surface area contributed by atoms with Crippen LogP contribution in [0.2, 0.25) is 0 Å². The standard InChI is InChI=1S/C19H20S2/c1-3-7-16(8-4-1)20-18-14-11-12-15(13-14)19(18)21-17-9-5-2-6-10-17/h1-10,14-15,18-19H,11-13H2/t14-,15+,18+,19-. The Labute approximate surface area is 135 Å². The van der Waals surface area contributed by atoms with Gasteiger partial charge in [-0.25, -0.2) is 0 Å². The lowest BCUT2D eigenvalue weighted by Crippen LogP contribution is -2.27. The zero-order valence-corrected chi connectivity index (χ0v) is 13.7. The molecule has 0 saturated heterocycles. The number of hydrogen-bond acceptors (Lipinski definition) is 2. The topological polar surface area (TPSA) is 0 Å². The zero-order valence-electron chi connectivity index (χ0n) is 12.0. The summed E-state index contributed by atoms with van der Waals surface area (Å²) in [6, 6.07) is 21.9. The maximum Gasteiger partial charge on any atom is 0.0248 e. The number of benzene rings is 2. The second kappa shape index (κ2) is 6.10. The summed E-state index contributed by atoms with van der Waals surface area (Å²) in [5.74, 6) is 1.86. The molecule has 2 aliphatic rings. The third-order valence-corrected chi connectivity index (χ3v) is 7.96. The predicted molar refractivity (Wildman–Crippen MR) is 93.0 cm³/mol. The fourth-order valence-corrected chi connectivity index (χ4v) is 7.01. The maximum atomic E-state index is 2.26. The van der Waals surface area contributed by atoms with Crippen LogP contribution in [-0.4, -0.2) is 10.5 Å². The van der Waals surface area contributed by atoms with Crippen LogP contribution in [0.15, 0.2) is 70.5 Å². The minimum atomic E-state index is 0.788. The first-order valence-corrected chi connectivity index (χ1v) is 9.59. The van der Waals surface area contributed by atoms with E-state index in [9.17, 15) is 0 Å². The molecule has 0 N–H and O–H groups in total. The molecule has 2 aromatic carbocycles. The molecule has 0 unspecified atom stereocenters. The van der Waals surface area contributed by atoms with Crippen LogP contribution < -0.4 is 0 Å². The first kappa shape index (κ1) is 13.8. The fraction of sp³-hybridized carbons (Fsp3) is 0.368. The molecule has 2 heteroatoms. The van der Waals surface area contributed by atoms with E-state index >= 15 is 0 Å². The molecule has 0 amide bonds. The van der Waals surface area contributed by atoms with E-state index in [1.165, 1.54) is 29.1 Å². The maximum absolute atomic E-state index is 2.26. The molecule has 0 aromatic heterocycles. The summed E-state index contributed by atoms with van der Waals surface area (Å²) >= 11 is 4.24. The first-order chi connectivity index (χ1) is 10.4. The van der Waals surface area contributed by atoms with Crippen LogP contribution in [0.3, 0.4) is 0 Å². The molecule has 2 aliphatic carbocycles. The van der Waals surface area contributed by atoms with Gasteiger partial charge in [0.05, 0.1) is 0 Å². The predicted octanol–water partition coefficient (Wildman–Crippen LogP) is 5.74. The van der Waals surface area contributed by atoms with Crippen molar-refractivity contribution in [3.8, 4) is 0 Å². The summed E-state index contributed by atoms with van der Waals surface area (Å²) in [5.41, 5.74) is 0. The summed E-state index contributed by atoms with van der Waals surface area (Å²) in [4.78, 5) is 2.88. The molecule has 0 heterocycles. The minimum absolute atomic E-state index is 0.788. The molecule has 0 nitrogen and oxygen atoms in total. The summed E-state index contributed by atoms with van der Waals surface area (Å²) in [6.07, 6.45) is 4.34. The smallest absolute Gasteiger partial charge is 0.0248 e. The Hall–Kier alpha value is -0.860. The highest BCUT2D eigenvalue weighted by molar-refractivity contribution is 8.03. The van der Waals surface area contributed by atoms with Gasteiger partial charge < -0.3 is 0 Å². The van der Waals surface area contributed by atoms with Gasteiger partial charge in [-0.2, -0.15) is 0 Å². The van der Waals surface area contributed by atoms with Crippen molar-refractivity contribution in [1.29, 1.82) is 0 Å². The number of fused-ring (bicyclic) bond motifs is 2. The van der Waals surface area contributed by atoms with Gasteiger partial charge in [0.25, 0.3) is 0 Å². The second-order valence-electron chi connectivity index (χ2n) is 6.12. The molecule has 4 atom stereocenters. The summed E-state index contributed by atoms with van der Waals surface area (Å²) in [5, 5.41) is 1.58. The largest absolute Gasteiger partial charge is 0.121 e. The zero-order chi connectivity index (χ0) is 14.1. The normalized spacial score (nSPS) is 30.7. The van der Waals surface area contributed by atoms with Gasteiger partial charge in [0.1, 0.15) is 0 Å². The van der Waals surface area contributed by atoms with E-state index in [-0.39, 0.29) is 0 Å². The van der Waals surface area contributed by atoms with Crippen molar-refractivity contribution < 1.29 is 0 Å². The van der Waals surface area contributed by atoms with Gasteiger partial charge in [-0.15, -0.1) is 23.5 Å². The molecule has 2 bridgehead atoms. The van der Waals surface area contributed by atoms with Crippen molar-refractivity contribution >= 4 is 23.5 Å². The molecule has 2 aromatic rings. The molecule has 4 rings (SSSR count). The molecule has 2 saturated carbocycles. The molecule has 0 aliphatic heterocycles. The Morgan fingerprint density at radius 1 is 0.619 bits per heavy atom. The molecular weight excluding hydrogens is 292 g/mol. The Morgan fingerprint density at radius 3 is 1.48 bits per heavy atom. The van der Waals surface area contributed by atoms with Crippen LogP contribution in [0, 0.1) is 11.8 Å². The molecule has 0 radical (unpaired) electrons. The highest BCUT2D eigenvalue weighted by Crippen LogP contribution is 2.56. The van der Waals surface area contributed by atoms with Gasteiger partial charge in [-0.1, -0.05) is 36.4 Å². The van der Waals surface area contributed by atoms with E-state index in [1.54, 1.807) is 0 Å². The monoisotopic (exact) mass is 312 g/mol. The van der Waals surface area contributed by atoms with Crippen LogP contribution in [0.25, 0.3) is 0 Å².